The first-order chi connectivity index (χ1) is 20.2. The van der Waals surface area contributed by atoms with Crippen LogP contribution in [0.3, 0.4) is 0 Å². The molecule has 0 saturated carbocycles. The summed E-state index contributed by atoms with van der Waals surface area (Å²) in [5.74, 6) is 2.31. The first kappa shape index (κ1) is 29.7. The first-order valence-electron chi connectivity index (χ1n) is 13.7. The van der Waals surface area contributed by atoms with Crippen molar-refractivity contribution in [2.75, 3.05) is 23.5 Å². The van der Waals surface area contributed by atoms with Gasteiger partial charge >= 0.3 is 0 Å². The van der Waals surface area contributed by atoms with Gasteiger partial charge in [-0.15, -0.1) is 5.10 Å². The van der Waals surface area contributed by atoms with Gasteiger partial charge in [0.1, 0.15) is 12.6 Å². The minimum atomic E-state index is -0.569. The fourth-order valence-corrected chi connectivity index (χ4v) is 6.09. The maximum atomic E-state index is 14.0. The summed E-state index contributed by atoms with van der Waals surface area (Å²) in [6.07, 6.45) is 0. The summed E-state index contributed by atoms with van der Waals surface area (Å²) in [7, 11) is 1.61. The molecule has 1 amide bonds. The number of methoxy groups -OCH3 is 1. The van der Waals surface area contributed by atoms with Crippen LogP contribution in [0.1, 0.15) is 47.7 Å². The Morgan fingerprint density at radius 3 is 2.60 bits per heavy atom. The van der Waals surface area contributed by atoms with Crippen molar-refractivity contribution in [3.63, 3.8) is 0 Å². The Labute approximate surface area is 259 Å². The summed E-state index contributed by atoms with van der Waals surface area (Å²) in [6.45, 7) is 10.4. The number of nitrogens with one attached hydrogen (secondary N) is 2. The summed E-state index contributed by atoms with van der Waals surface area (Å²) in [6, 6.07) is 17.3. The lowest BCUT2D eigenvalue weighted by molar-refractivity contribution is -0.113. The zero-order chi connectivity index (χ0) is 30.0. The Morgan fingerprint density at radius 1 is 1.10 bits per heavy atom. The number of anilines is 2. The highest BCUT2D eigenvalue weighted by atomic mass is 79.9. The van der Waals surface area contributed by atoms with Crippen LogP contribution in [0.25, 0.3) is 0 Å². The van der Waals surface area contributed by atoms with Gasteiger partial charge in [0.25, 0.3) is 5.91 Å². The number of carbonyl (C=O) groups is 1. The van der Waals surface area contributed by atoms with E-state index in [1.54, 1.807) is 23.6 Å². The maximum absolute atomic E-state index is 14.0. The third-order valence-corrected chi connectivity index (χ3v) is 8.71. The molecule has 0 bridgehead atoms. The number of fused-ring (bicyclic) bond motifs is 1. The Bertz CT molecular complexity index is 1680. The maximum Gasteiger partial charge on any atom is 0.255 e. The Balaban J connectivity index is 1.57. The molecule has 0 fully saturated rings. The fraction of sp³-hybridized carbons (Fsp3) is 0.281. The lowest BCUT2D eigenvalue weighted by Crippen LogP contribution is -2.31. The average molecular weight is 649 g/mol. The lowest BCUT2D eigenvalue weighted by Gasteiger charge is -2.29. The standard InChI is InChI=1S/C32H34BrN5O3S/c1-7-42-32-36-31-34-21(5)27(30(39)35-25-14-10-12-18(2)20(25)4)28(38(31)37-32)23-15-24(33)29(26(16-23)40-6)41-17-22-13-9-8-11-19(22)3/h8-16,28H,7,17H2,1-6H3,(H,35,39)(H,34,36,37). The van der Waals surface area contributed by atoms with Crippen LogP contribution in [0.15, 0.2) is 75.5 Å². The summed E-state index contributed by atoms with van der Waals surface area (Å²) < 4.78 is 14.6. The third-order valence-electron chi connectivity index (χ3n) is 7.40. The van der Waals surface area contributed by atoms with Crippen LogP contribution in [0.5, 0.6) is 11.5 Å². The van der Waals surface area contributed by atoms with Crippen molar-refractivity contribution in [2.45, 2.75) is 52.4 Å². The second-order valence-corrected chi connectivity index (χ2v) is 12.2. The molecule has 0 aliphatic carbocycles. The highest BCUT2D eigenvalue weighted by Gasteiger charge is 2.35. The second-order valence-electron chi connectivity index (χ2n) is 10.1. The number of hydrogen-bond donors (Lipinski definition) is 2. The van der Waals surface area contributed by atoms with Crippen LogP contribution in [0.2, 0.25) is 0 Å². The molecule has 2 heterocycles. The number of ether oxygens (including phenoxy) is 2. The van der Waals surface area contributed by atoms with Gasteiger partial charge in [-0.25, -0.2) is 4.68 Å². The fourth-order valence-electron chi connectivity index (χ4n) is 4.96. The van der Waals surface area contributed by atoms with Crippen LogP contribution in [0, 0.1) is 20.8 Å². The quantitative estimate of drug-likeness (QED) is 0.181. The van der Waals surface area contributed by atoms with E-state index in [2.05, 4.69) is 46.5 Å². The van der Waals surface area contributed by atoms with Gasteiger partial charge in [0.15, 0.2) is 11.5 Å². The zero-order valence-electron chi connectivity index (χ0n) is 24.5. The molecule has 1 unspecified atom stereocenters. The minimum Gasteiger partial charge on any atom is -0.493 e. The smallest absolute Gasteiger partial charge is 0.255 e. The third kappa shape index (κ3) is 5.91. The normalized spacial score (nSPS) is 14.3. The average Bonchev–Trinajstić information content (AvgIpc) is 3.36. The molecule has 4 aromatic rings. The van der Waals surface area contributed by atoms with Crippen molar-refractivity contribution in [3.05, 3.63) is 98.2 Å². The molecule has 0 saturated heterocycles. The molecule has 8 nitrogen and oxygen atoms in total. The number of thioether (sulfide) groups is 1. The predicted molar refractivity (Wildman–Crippen MR) is 172 cm³/mol. The monoisotopic (exact) mass is 647 g/mol. The molecule has 0 radical (unpaired) electrons. The van der Waals surface area contributed by atoms with Crippen LogP contribution in [-0.4, -0.2) is 33.5 Å². The number of hydrogen-bond acceptors (Lipinski definition) is 7. The van der Waals surface area contributed by atoms with Crippen LogP contribution >= 0.6 is 27.7 Å². The van der Waals surface area contributed by atoms with Crippen LogP contribution in [0.4, 0.5) is 11.6 Å². The summed E-state index contributed by atoms with van der Waals surface area (Å²) in [5, 5.41) is 11.9. The SMILES string of the molecule is CCSc1nc2n(n1)C(c1cc(Br)c(OCc3ccccc3C)c(OC)c1)C(C(=O)Nc1cccc(C)c1C)=C(C)N2. The molecular weight excluding hydrogens is 614 g/mol. The molecule has 0 spiro atoms. The highest BCUT2D eigenvalue weighted by Crippen LogP contribution is 2.43. The molecule has 1 aliphatic rings. The van der Waals surface area contributed by atoms with Gasteiger partial charge < -0.3 is 20.1 Å². The van der Waals surface area contributed by atoms with Gasteiger partial charge in [0, 0.05) is 11.4 Å². The van der Waals surface area contributed by atoms with Gasteiger partial charge in [0.05, 0.1) is 17.2 Å². The molecule has 42 heavy (non-hydrogen) atoms. The van der Waals surface area contributed by atoms with Gasteiger partial charge in [0.2, 0.25) is 11.1 Å². The summed E-state index contributed by atoms with van der Waals surface area (Å²) in [4.78, 5) is 18.7. The second kappa shape index (κ2) is 12.6. The molecule has 2 N–H and O–H groups in total. The molecule has 1 aromatic heterocycles. The summed E-state index contributed by atoms with van der Waals surface area (Å²) >= 11 is 5.27. The number of nitrogens with zero attached hydrogens (tertiary/aromatic N) is 3. The number of allylic oxidation sites excluding steroid dienone is 1. The van der Waals surface area contributed by atoms with E-state index >= 15 is 0 Å². The molecule has 5 rings (SSSR count). The number of aromatic nitrogens is 3. The van der Waals surface area contributed by atoms with E-state index in [0.29, 0.717) is 45.0 Å². The minimum absolute atomic E-state index is 0.223. The van der Waals surface area contributed by atoms with E-state index in [9.17, 15) is 4.79 Å². The number of carbonyl (C=O) groups excluding carboxylic acids is 1. The lowest BCUT2D eigenvalue weighted by atomic mass is 9.94. The van der Waals surface area contributed by atoms with Crippen LogP contribution in [-0.2, 0) is 11.4 Å². The van der Waals surface area contributed by atoms with Crippen molar-refractivity contribution in [3.8, 4) is 11.5 Å². The zero-order valence-corrected chi connectivity index (χ0v) is 26.9. The van der Waals surface area contributed by atoms with E-state index in [4.69, 9.17) is 19.6 Å². The topological polar surface area (TPSA) is 90.3 Å². The first-order valence-corrected chi connectivity index (χ1v) is 15.5. The van der Waals surface area contributed by atoms with E-state index in [1.807, 2.05) is 69.3 Å². The number of halogens is 1. The van der Waals surface area contributed by atoms with Gasteiger partial charge in [-0.05, 0) is 95.4 Å². The molecule has 10 heteroatoms. The molecular formula is C32H34BrN5O3S. The van der Waals surface area contributed by atoms with E-state index in [1.165, 1.54) is 0 Å². The Hall–Kier alpha value is -3.76. The van der Waals surface area contributed by atoms with E-state index in [0.717, 1.165) is 39.3 Å². The van der Waals surface area contributed by atoms with Crippen LogP contribution < -0.4 is 20.1 Å². The molecule has 218 valence electrons. The molecule has 1 aliphatic heterocycles. The van der Waals surface area contributed by atoms with Gasteiger partial charge in [-0.2, -0.15) is 4.98 Å². The molecule has 1 atom stereocenters. The number of rotatable bonds is 9. The number of amides is 1. The van der Waals surface area contributed by atoms with E-state index in [-0.39, 0.29) is 5.91 Å². The largest absolute Gasteiger partial charge is 0.493 e. The van der Waals surface area contributed by atoms with Crippen molar-refractivity contribution in [1.29, 1.82) is 0 Å². The number of benzene rings is 3. The molecule has 3 aromatic carbocycles. The van der Waals surface area contributed by atoms with Crippen molar-refractivity contribution < 1.29 is 14.3 Å². The van der Waals surface area contributed by atoms with Crippen molar-refractivity contribution >= 4 is 45.2 Å². The summed E-state index contributed by atoms with van der Waals surface area (Å²) in [5.41, 5.74) is 7.16. The number of aryl methyl sites for hydroxylation is 2. The Morgan fingerprint density at radius 2 is 1.86 bits per heavy atom. The van der Waals surface area contributed by atoms with Crippen molar-refractivity contribution in [2.24, 2.45) is 0 Å². The van der Waals surface area contributed by atoms with Crippen molar-refractivity contribution in [1.82, 2.24) is 14.8 Å². The predicted octanol–water partition coefficient (Wildman–Crippen LogP) is 7.59. The van der Waals surface area contributed by atoms with E-state index < -0.39 is 6.04 Å². The highest BCUT2D eigenvalue weighted by molar-refractivity contribution is 9.10. The Kier molecular flexibility index (Phi) is 8.93. The van der Waals surface area contributed by atoms with Gasteiger partial charge in [-0.1, -0.05) is 55.1 Å². The van der Waals surface area contributed by atoms with Gasteiger partial charge in [-0.3, -0.25) is 4.79 Å².